The molecule has 0 aromatic heterocycles. The van der Waals surface area contributed by atoms with E-state index in [0.29, 0.717) is 12.8 Å². The minimum Gasteiger partial charge on any atom is -0.508 e. The monoisotopic (exact) mass is 280 g/mol. The van der Waals surface area contributed by atoms with Crippen molar-refractivity contribution >= 4 is 11.9 Å². The average Bonchev–Trinajstić information content (AvgIpc) is 2.44. The maximum atomic E-state index is 11.6. The van der Waals surface area contributed by atoms with Gasteiger partial charge in [0.15, 0.2) is 0 Å². The first kappa shape index (κ1) is 15.6. The van der Waals surface area contributed by atoms with E-state index in [0.717, 1.165) is 12.1 Å². The Labute approximate surface area is 116 Å². The number of phenols is 2. The van der Waals surface area contributed by atoms with Crippen LogP contribution >= 0.6 is 0 Å². The van der Waals surface area contributed by atoms with E-state index in [2.05, 4.69) is 6.58 Å². The highest BCUT2D eigenvalue weighted by atomic mass is 16.5. The quantitative estimate of drug-likeness (QED) is 0.342. The van der Waals surface area contributed by atoms with Crippen LogP contribution in [0.4, 0.5) is 0 Å². The summed E-state index contributed by atoms with van der Waals surface area (Å²) in [4.78, 5) is 22.3. The van der Waals surface area contributed by atoms with Gasteiger partial charge in [-0.25, -0.2) is 9.59 Å². The highest BCUT2D eigenvalue weighted by Gasteiger charge is 2.13. The summed E-state index contributed by atoms with van der Waals surface area (Å²) < 4.78 is 9.67. The molecule has 0 aliphatic rings. The number of ether oxygens (including phenoxy) is 2. The van der Waals surface area contributed by atoms with Gasteiger partial charge in [-0.15, -0.1) is 0 Å². The smallest absolute Gasteiger partial charge is 0.342 e. The van der Waals surface area contributed by atoms with Crippen LogP contribution in [0.15, 0.2) is 30.9 Å². The second kappa shape index (κ2) is 7.83. The molecular formula is C14H16O6. The van der Waals surface area contributed by atoms with E-state index in [1.807, 2.05) is 0 Å². The second-order valence-corrected chi connectivity index (χ2v) is 3.92. The molecule has 6 heteroatoms. The topological polar surface area (TPSA) is 93.1 Å². The first-order valence-corrected chi connectivity index (χ1v) is 6.03. The molecule has 0 heterocycles. The van der Waals surface area contributed by atoms with Crippen molar-refractivity contribution in [1.29, 1.82) is 0 Å². The predicted octanol–water partition coefficient (Wildman–Crippen LogP) is 1.76. The number of phenolic OH excluding ortho intramolecular Hbond substituents is 2. The van der Waals surface area contributed by atoms with E-state index in [1.54, 1.807) is 0 Å². The van der Waals surface area contributed by atoms with E-state index >= 15 is 0 Å². The molecule has 0 radical (unpaired) electrons. The number of esters is 2. The number of unbranched alkanes of at least 4 members (excludes halogenated alkanes) is 1. The molecule has 0 spiro atoms. The summed E-state index contributed by atoms with van der Waals surface area (Å²) in [6.07, 6.45) is 2.12. The summed E-state index contributed by atoms with van der Waals surface area (Å²) in [5.74, 6) is -1.60. The Kier molecular flexibility index (Phi) is 6.09. The first-order chi connectivity index (χ1) is 9.54. The predicted molar refractivity (Wildman–Crippen MR) is 70.4 cm³/mol. The summed E-state index contributed by atoms with van der Waals surface area (Å²) in [5.41, 5.74) is -0.0944. The summed E-state index contributed by atoms with van der Waals surface area (Å²) in [6.45, 7) is 3.61. The highest BCUT2D eigenvalue weighted by molar-refractivity contribution is 5.92. The lowest BCUT2D eigenvalue weighted by atomic mass is 10.2. The van der Waals surface area contributed by atoms with Crippen molar-refractivity contribution < 1.29 is 29.3 Å². The first-order valence-electron chi connectivity index (χ1n) is 6.03. The van der Waals surface area contributed by atoms with Crippen LogP contribution in [0.3, 0.4) is 0 Å². The Morgan fingerprint density at radius 3 is 2.45 bits per heavy atom. The molecule has 0 bridgehead atoms. The summed E-state index contributed by atoms with van der Waals surface area (Å²) in [5, 5.41) is 18.7. The molecule has 6 nitrogen and oxygen atoms in total. The lowest BCUT2D eigenvalue weighted by Gasteiger charge is -2.07. The van der Waals surface area contributed by atoms with Gasteiger partial charge >= 0.3 is 11.9 Å². The minimum atomic E-state index is -0.721. The zero-order valence-corrected chi connectivity index (χ0v) is 10.9. The fourth-order valence-corrected chi connectivity index (χ4v) is 1.37. The van der Waals surface area contributed by atoms with E-state index < -0.39 is 11.9 Å². The number of aromatic hydroxyl groups is 2. The molecule has 1 rings (SSSR count). The summed E-state index contributed by atoms with van der Waals surface area (Å²) in [7, 11) is 0. The van der Waals surface area contributed by atoms with Crippen LogP contribution in [0, 0.1) is 0 Å². The van der Waals surface area contributed by atoms with E-state index in [9.17, 15) is 19.8 Å². The number of carbonyl (C=O) groups excluding carboxylic acids is 2. The largest absolute Gasteiger partial charge is 0.508 e. The lowest BCUT2D eigenvalue weighted by molar-refractivity contribution is -0.137. The van der Waals surface area contributed by atoms with Gasteiger partial charge in [-0.05, 0) is 31.0 Å². The SMILES string of the molecule is C=CC(=O)OCCCCOC(=O)c1cc(O)ccc1O. The Balaban J connectivity index is 2.28. The molecule has 2 N–H and O–H groups in total. The Hall–Kier alpha value is -2.50. The third kappa shape index (κ3) is 5.01. The van der Waals surface area contributed by atoms with Crippen molar-refractivity contribution in [3.05, 3.63) is 36.4 Å². The van der Waals surface area contributed by atoms with Crippen LogP contribution in [0.25, 0.3) is 0 Å². The van der Waals surface area contributed by atoms with Crippen molar-refractivity contribution in [2.24, 2.45) is 0 Å². The fraction of sp³-hybridized carbons (Fsp3) is 0.286. The molecule has 0 fully saturated rings. The number of hydrogen-bond acceptors (Lipinski definition) is 6. The Bertz CT molecular complexity index is 494. The van der Waals surface area contributed by atoms with Crippen molar-refractivity contribution in [2.45, 2.75) is 12.8 Å². The molecule has 0 aliphatic carbocycles. The summed E-state index contributed by atoms with van der Waals surface area (Å²) in [6, 6.07) is 3.60. The van der Waals surface area contributed by atoms with Gasteiger partial charge in [-0.2, -0.15) is 0 Å². The fourth-order valence-electron chi connectivity index (χ4n) is 1.37. The molecule has 1 aromatic rings. The molecule has 0 aliphatic heterocycles. The van der Waals surface area contributed by atoms with Gasteiger partial charge in [0.2, 0.25) is 0 Å². The molecule has 1 aromatic carbocycles. The van der Waals surface area contributed by atoms with Gasteiger partial charge in [-0.3, -0.25) is 0 Å². The van der Waals surface area contributed by atoms with Crippen LogP contribution in [0.1, 0.15) is 23.2 Å². The van der Waals surface area contributed by atoms with E-state index in [1.165, 1.54) is 12.1 Å². The molecule has 0 saturated carbocycles. The molecule has 0 unspecified atom stereocenters. The second-order valence-electron chi connectivity index (χ2n) is 3.92. The third-order valence-corrected chi connectivity index (χ3v) is 2.38. The number of hydrogen-bond donors (Lipinski definition) is 2. The van der Waals surface area contributed by atoms with Crippen molar-refractivity contribution in [3.63, 3.8) is 0 Å². The molecule has 0 saturated heterocycles. The van der Waals surface area contributed by atoms with Crippen molar-refractivity contribution in [2.75, 3.05) is 13.2 Å². The Morgan fingerprint density at radius 2 is 1.80 bits per heavy atom. The van der Waals surface area contributed by atoms with Gasteiger partial charge in [0.25, 0.3) is 0 Å². The van der Waals surface area contributed by atoms with Crippen molar-refractivity contribution in [1.82, 2.24) is 0 Å². The molecular weight excluding hydrogens is 264 g/mol. The van der Waals surface area contributed by atoms with Crippen molar-refractivity contribution in [3.8, 4) is 11.5 Å². The number of carbonyl (C=O) groups is 2. The van der Waals surface area contributed by atoms with Crippen LogP contribution < -0.4 is 0 Å². The van der Waals surface area contributed by atoms with Gasteiger partial charge in [-0.1, -0.05) is 6.58 Å². The van der Waals surface area contributed by atoms with Crippen LogP contribution in [-0.2, 0) is 14.3 Å². The number of rotatable bonds is 7. The van der Waals surface area contributed by atoms with Crippen LogP contribution in [0.2, 0.25) is 0 Å². The normalized spacial score (nSPS) is 9.80. The molecule has 20 heavy (non-hydrogen) atoms. The van der Waals surface area contributed by atoms with E-state index in [4.69, 9.17) is 9.47 Å². The standard InChI is InChI=1S/C14H16O6/c1-2-13(17)19-7-3-4-8-20-14(18)11-9-10(15)5-6-12(11)16/h2,5-6,9,15-16H,1,3-4,7-8H2. The molecule has 108 valence electrons. The van der Waals surface area contributed by atoms with Gasteiger partial charge in [0.1, 0.15) is 17.1 Å². The van der Waals surface area contributed by atoms with Gasteiger partial charge in [0.05, 0.1) is 13.2 Å². The third-order valence-electron chi connectivity index (χ3n) is 2.38. The lowest BCUT2D eigenvalue weighted by Crippen LogP contribution is -2.08. The zero-order valence-electron chi connectivity index (χ0n) is 10.9. The molecule has 0 atom stereocenters. The minimum absolute atomic E-state index is 0.0944. The van der Waals surface area contributed by atoms with Gasteiger partial charge in [0, 0.05) is 6.08 Å². The van der Waals surface area contributed by atoms with Crippen LogP contribution in [0.5, 0.6) is 11.5 Å². The maximum Gasteiger partial charge on any atom is 0.342 e. The van der Waals surface area contributed by atoms with Gasteiger partial charge < -0.3 is 19.7 Å². The Morgan fingerprint density at radius 1 is 1.15 bits per heavy atom. The van der Waals surface area contributed by atoms with E-state index in [-0.39, 0.29) is 30.3 Å². The number of benzene rings is 1. The molecule has 0 amide bonds. The average molecular weight is 280 g/mol. The highest BCUT2D eigenvalue weighted by Crippen LogP contribution is 2.22. The maximum absolute atomic E-state index is 11.6. The van der Waals surface area contributed by atoms with Crippen LogP contribution in [-0.4, -0.2) is 35.4 Å². The summed E-state index contributed by atoms with van der Waals surface area (Å²) >= 11 is 0. The zero-order chi connectivity index (χ0) is 15.0.